The monoisotopic (exact) mass is 156 g/mol. The van der Waals surface area contributed by atoms with E-state index in [0.29, 0.717) is 0 Å². The molecule has 46 valence electrons. The average molecular weight is 156 g/mol. The zero-order valence-electron chi connectivity index (χ0n) is 3.91. The topological polar surface area (TPSA) is 77.4 Å². The van der Waals surface area contributed by atoms with Gasteiger partial charge < -0.3 is 0 Å². The van der Waals surface area contributed by atoms with Gasteiger partial charge in [0, 0.05) is 0 Å². The Hall–Kier alpha value is 1.33. The molecular formula is H2FKO6. The van der Waals surface area contributed by atoms with E-state index >= 15 is 0 Å². The molecule has 0 aliphatic heterocycles. The summed E-state index contributed by atoms with van der Waals surface area (Å²) in [6, 6.07) is 0. The van der Waals surface area contributed by atoms with Crippen LogP contribution >= 0.6 is 0 Å². The fraction of sp³-hybridized carbons (Fsp3) is 0. The van der Waals surface area contributed by atoms with Crippen molar-refractivity contribution in [1.82, 2.24) is 0 Å². The number of rotatable bonds is 3. The summed E-state index contributed by atoms with van der Waals surface area (Å²) in [5.74, 6) is 0. The Bertz CT molecular complexity index is 20.5. The molecular weight excluding hydrogens is 154 g/mol. The Morgan fingerprint density at radius 2 is 1.25 bits per heavy atom. The quantitative estimate of drug-likeness (QED) is 0.254. The van der Waals surface area contributed by atoms with Crippen molar-refractivity contribution in [2.75, 3.05) is 0 Å². The van der Waals surface area contributed by atoms with Gasteiger partial charge in [0.1, 0.15) is 0 Å². The first-order chi connectivity index (χ1) is 3.91. The van der Waals surface area contributed by atoms with Gasteiger partial charge >= 0.3 is 49.7 Å². The Morgan fingerprint density at radius 1 is 1.00 bits per heavy atom. The molecule has 6 nitrogen and oxygen atoms in total. The third kappa shape index (κ3) is 15.7. The van der Waals surface area contributed by atoms with Gasteiger partial charge in [-0.3, -0.25) is 0 Å². The molecule has 0 aliphatic carbocycles. The van der Waals surface area contributed by atoms with Crippen LogP contribution in [0.2, 0.25) is 0 Å². The van der Waals surface area contributed by atoms with Crippen molar-refractivity contribution in [1.29, 1.82) is 0 Å². The van der Waals surface area contributed by atoms with Crippen molar-refractivity contribution < 1.29 is 30.5 Å². The van der Waals surface area contributed by atoms with Crippen LogP contribution in [0.15, 0.2) is 0 Å². The molecule has 0 saturated carbocycles. The van der Waals surface area contributed by atoms with Crippen molar-refractivity contribution in [3.8, 4) is 0 Å². The molecule has 2 N–H and O–H groups in total. The van der Waals surface area contributed by atoms with Gasteiger partial charge in [-0.1, -0.05) is 0 Å². The SMILES string of the molecule is OOOOOO.[F][K]. The molecule has 0 spiro atoms. The van der Waals surface area contributed by atoms with Gasteiger partial charge in [-0.25, -0.2) is 10.5 Å². The van der Waals surface area contributed by atoms with Gasteiger partial charge in [-0.2, -0.15) is 0 Å². The Morgan fingerprint density at radius 3 is 1.38 bits per heavy atom. The molecule has 8 heavy (non-hydrogen) atoms. The van der Waals surface area contributed by atoms with Gasteiger partial charge in [-0.15, -0.1) is 0 Å². The van der Waals surface area contributed by atoms with Gasteiger partial charge in [0.2, 0.25) is 0 Å². The third-order valence-corrected chi connectivity index (χ3v) is 0.0886. The number of hydrogen-bond acceptors (Lipinski definition) is 6. The standard InChI is InChI=1S/FH.K.H2O6/c;;1-3-5-6-4-2/h1H;;1-2H/q;+1;/p-1. The van der Waals surface area contributed by atoms with Crippen LogP contribution in [0, 0.1) is 0 Å². The van der Waals surface area contributed by atoms with E-state index < -0.39 is 49.9 Å². The third-order valence-electron chi connectivity index (χ3n) is 0.0886. The van der Waals surface area contributed by atoms with Crippen molar-refractivity contribution in [3.05, 3.63) is 0 Å². The molecule has 0 aromatic rings. The van der Waals surface area contributed by atoms with Crippen LogP contribution in [-0.2, 0) is 20.2 Å². The molecule has 0 fully saturated rings. The first kappa shape index (κ1) is 12.0. The molecule has 0 heterocycles. The summed E-state index contributed by atoms with van der Waals surface area (Å²) in [5.41, 5.74) is 0. The van der Waals surface area contributed by atoms with E-state index in [9.17, 15) is -0.211 Å². The van der Waals surface area contributed by atoms with Gasteiger partial charge in [0.25, 0.3) is 0 Å². The van der Waals surface area contributed by atoms with Gasteiger partial charge in [0.15, 0.2) is 0 Å². The van der Waals surface area contributed by atoms with Crippen LogP contribution in [0.4, 0.5) is -0.211 Å². The minimum absolute atomic E-state index is 0.438. The van der Waals surface area contributed by atoms with Crippen molar-refractivity contribution in [2.45, 2.75) is 0 Å². The molecule has 0 bridgehead atoms. The summed E-state index contributed by atoms with van der Waals surface area (Å²) in [6.07, 6.45) is 0. The maximum absolute atomic E-state index is 9.69. The molecule has 0 aromatic heterocycles. The van der Waals surface area contributed by atoms with Crippen molar-refractivity contribution in [2.24, 2.45) is 0 Å². The Labute approximate surface area is 79.3 Å². The van der Waals surface area contributed by atoms with Crippen LogP contribution in [0.25, 0.3) is 0 Å². The second-order valence-corrected chi connectivity index (χ2v) is 0.285. The zero-order valence-corrected chi connectivity index (χ0v) is 7.03. The van der Waals surface area contributed by atoms with Crippen LogP contribution in [-0.4, -0.2) is 60.4 Å². The van der Waals surface area contributed by atoms with Gasteiger partial charge in [-0.05, 0) is 20.2 Å². The summed E-state index contributed by atoms with van der Waals surface area (Å²) >= 11 is -0.438. The molecule has 8 heteroatoms. The predicted molar refractivity (Wildman–Crippen MR) is 16.5 cm³/mol. The van der Waals surface area contributed by atoms with E-state index in [0.717, 1.165) is 0 Å². The fourth-order valence-corrected chi connectivity index (χ4v) is 0.0248. The molecule has 0 atom stereocenters. The summed E-state index contributed by atoms with van der Waals surface area (Å²) in [6.45, 7) is 0. The zero-order chi connectivity index (χ0) is 6.83. The summed E-state index contributed by atoms with van der Waals surface area (Å²) in [4.78, 5) is 0. The van der Waals surface area contributed by atoms with E-state index in [1.54, 1.807) is 0 Å². The molecule has 0 aromatic carbocycles. The molecule has 0 radical (unpaired) electrons. The van der Waals surface area contributed by atoms with Crippen LogP contribution in [0.3, 0.4) is 0 Å². The van der Waals surface area contributed by atoms with Crippen molar-refractivity contribution >= 4 is 49.9 Å². The average Bonchev–Trinajstić information content (AvgIpc) is 1.88. The van der Waals surface area contributed by atoms with E-state index in [1.165, 1.54) is 0 Å². The second-order valence-electron chi connectivity index (χ2n) is 0.285. The second kappa shape index (κ2) is 15.8. The normalized spacial score (nSPS) is 7.62. The maximum atomic E-state index is 9.69. The van der Waals surface area contributed by atoms with E-state index in [1.807, 2.05) is 0 Å². The molecule has 0 saturated heterocycles. The predicted octanol–water partition coefficient (Wildman–Crippen LogP) is -0.217. The Balaban J connectivity index is 0. The summed E-state index contributed by atoms with van der Waals surface area (Å²) in [5, 5.41) is 26.0. The molecule has 0 aliphatic rings. The molecule has 0 rings (SSSR count). The van der Waals surface area contributed by atoms with Crippen LogP contribution in [0.5, 0.6) is 0 Å². The van der Waals surface area contributed by atoms with Gasteiger partial charge in [0.05, 0.1) is 0 Å². The summed E-state index contributed by atoms with van der Waals surface area (Å²) in [7, 11) is 0. The van der Waals surface area contributed by atoms with Crippen molar-refractivity contribution in [3.63, 3.8) is 0 Å². The number of hydrogen-bond donors (Lipinski definition) is 2. The molecule has 0 unspecified atom stereocenters. The van der Waals surface area contributed by atoms with Crippen LogP contribution < -0.4 is 0 Å². The minimum atomic E-state index is -0.438. The number of halogens is 1. The first-order valence-corrected chi connectivity index (χ1v) is 2.42. The van der Waals surface area contributed by atoms with E-state index in [-0.39, 0.29) is 0 Å². The first-order valence-electron chi connectivity index (χ1n) is 1.24. The molecule has 0 amide bonds. The summed E-state index contributed by atoms with van der Waals surface area (Å²) < 4.78 is 9.69. The Kier molecular flexibility index (Phi) is 23.7. The van der Waals surface area contributed by atoms with E-state index in [2.05, 4.69) is 20.2 Å². The van der Waals surface area contributed by atoms with Crippen LogP contribution in [0.1, 0.15) is 0 Å². The van der Waals surface area contributed by atoms with E-state index in [4.69, 9.17) is 10.5 Å². The fourth-order valence-electron chi connectivity index (χ4n) is 0.0248.